The van der Waals surface area contributed by atoms with E-state index in [9.17, 15) is 13.2 Å². The van der Waals surface area contributed by atoms with Crippen molar-refractivity contribution in [2.24, 2.45) is 8.76 Å². The summed E-state index contributed by atoms with van der Waals surface area (Å²) in [5.74, 6) is 0. The van der Waals surface area contributed by atoms with Gasteiger partial charge in [0.2, 0.25) is 0 Å². The van der Waals surface area contributed by atoms with E-state index < -0.39 is 22.6 Å². The van der Waals surface area contributed by atoms with Gasteiger partial charge in [0.1, 0.15) is 5.17 Å². The van der Waals surface area contributed by atoms with Crippen LogP contribution in [0.1, 0.15) is 11.1 Å². The molecule has 0 amide bonds. The molecule has 1 aromatic carbocycles. The first kappa shape index (κ1) is 12.9. The molecule has 0 fully saturated rings. The molecule has 0 aromatic heterocycles. The van der Waals surface area contributed by atoms with E-state index in [4.69, 9.17) is 23.2 Å². The van der Waals surface area contributed by atoms with Crippen LogP contribution in [-0.4, -0.2) is 11.4 Å². The Morgan fingerprint density at radius 2 is 1.88 bits per heavy atom. The highest BCUT2D eigenvalue weighted by Crippen LogP contribution is 2.42. The largest absolute Gasteiger partial charge is 0.418 e. The van der Waals surface area contributed by atoms with Crippen LogP contribution in [0.3, 0.4) is 0 Å². The Morgan fingerprint density at radius 1 is 1.24 bits per heavy atom. The molecule has 2 rings (SSSR count). The summed E-state index contributed by atoms with van der Waals surface area (Å²) in [6.45, 7) is 0. The first-order valence-corrected chi connectivity index (χ1v) is 6.62. The zero-order chi connectivity index (χ0) is 12.8. The average Bonchev–Trinajstić information content (AvgIpc) is 2.16. The third-order valence-corrected chi connectivity index (χ3v) is 3.54. The molecule has 92 valence electrons. The summed E-state index contributed by atoms with van der Waals surface area (Å²) >= 11 is 11.4. The summed E-state index contributed by atoms with van der Waals surface area (Å²) in [7, 11) is -0.895. The first-order valence-electron chi connectivity index (χ1n) is 4.32. The van der Waals surface area contributed by atoms with Crippen LogP contribution in [-0.2, 0) is 17.1 Å². The lowest BCUT2D eigenvalue weighted by molar-refractivity contribution is -0.137. The Bertz CT molecular complexity index is 552. The molecule has 0 bridgehead atoms. The number of alkyl halides is 3. The summed E-state index contributed by atoms with van der Waals surface area (Å²) in [4.78, 5) is 0. The summed E-state index contributed by atoms with van der Waals surface area (Å²) < 4.78 is 46.2. The third-order valence-electron chi connectivity index (χ3n) is 2.04. The van der Waals surface area contributed by atoms with Crippen LogP contribution in [0, 0.1) is 0 Å². The minimum atomic E-state index is -4.52. The molecule has 17 heavy (non-hydrogen) atoms. The van der Waals surface area contributed by atoms with Crippen molar-refractivity contribution in [2.45, 2.75) is 6.18 Å². The van der Waals surface area contributed by atoms with Gasteiger partial charge in [-0.25, -0.2) is 4.36 Å². The van der Waals surface area contributed by atoms with E-state index >= 15 is 0 Å². The molecule has 0 N–H and O–H groups in total. The second-order valence-corrected chi connectivity index (χ2v) is 5.32. The minimum Gasteiger partial charge on any atom is -0.205 e. The van der Waals surface area contributed by atoms with Crippen LogP contribution in [0.25, 0.3) is 0 Å². The maximum Gasteiger partial charge on any atom is 0.418 e. The molecule has 0 saturated heterocycles. The first-order chi connectivity index (χ1) is 7.79. The topological polar surface area (TPSA) is 24.7 Å². The predicted molar refractivity (Wildman–Crippen MR) is 64.2 cm³/mol. The molecule has 1 unspecified atom stereocenters. The standard InChI is InChI=1S/C9H5Cl2F3N2S/c1-17-15-7-5(8(11)16-17)2-4(10)3-6(7)9(12,13)14/h2-3H,1H3. The molecular formula is C9H5Cl2F3N2S. The number of hydrogen-bond acceptors (Lipinski definition) is 2. The Hall–Kier alpha value is -0.590. The van der Waals surface area contributed by atoms with Gasteiger partial charge in [-0.1, -0.05) is 23.2 Å². The molecule has 2 nitrogen and oxygen atoms in total. The molecule has 0 radical (unpaired) electrons. The summed E-state index contributed by atoms with van der Waals surface area (Å²) in [5.41, 5.74) is -0.947. The van der Waals surface area contributed by atoms with Crippen LogP contribution in [0.2, 0.25) is 5.02 Å². The van der Waals surface area contributed by atoms with Gasteiger partial charge in [-0.05, 0) is 12.1 Å². The zero-order valence-corrected chi connectivity index (χ0v) is 10.7. The van der Waals surface area contributed by atoms with Crippen LogP contribution in [0.15, 0.2) is 20.9 Å². The highest BCUT2D eigenvalue weighted by atomic mass is 35.5. The zero-order valence-electron chi connectivity index (χ0n) is 8.35. The fourth-order valence-electron chi connectivity index (χ4n) is 1.39. The van der Waals surface area contributed by atoms with Crippen molar-refractivity contribution < 1.29 is 13.2 Å². The Kier molecular flexibility index (Phi) is 3.22. The van der Waals surface area contributed by atoms with E-state index in [1.165, 1.54) is 6.07 Å². The predicted octanol–water partition coefficient (Wildman–Crippen LogP) is 4.34. The van der Waals surface area contributed by atoms with Crippen molar-refractivity contribution in [1.82, 2.24) is 0 Å². The summed E-state index contributed by atoms with van der Waals surface area (Å²) in [6, 6.07) is 2.17. The number of nitrogens with zero attached hydrogens (tertiary/aromatic N) is 2. The van der Waals surface area contributed by atoms with Gasteiger partial charge in [0, 0.05) is 27.7 Å². The van der Waals surface area contributed by atoms with Crippen molar-refractivity contribution in [3.63, 3.8) is 0 Å². The normalized spacial score (nSPS) is 19.4. The van der Waals surface area contributed by atoms with Gasteiger partial charge in [-0.2, -0.15) is 17.6 Å². The molecule has 8 heteroatoms. The van der Waals surface area contributed by atoms with Gasteiger partial charge in [-0.3, -0.25) is 0 Å². The van der Waals surface area contributed by atoms with E-state index in [1.807, 2.05) is 0 Å². The van der Waals surface area contributed by atoms with Gasteiger partial charge >= 0.3 is 6.18 Å². The lowest BCUT2D eigenvalue weighted by Crippen LogP contribution is -2.10. The Balaban J connectivity index is 2.78. The quantitative estimate of drug-likeness (QED) is 0.681. The second kappa shape index (κ2) is 4.26. The van der Waals surface area contributed by atoms with E-state index in [-0.39, 0.29) is 21.4 Å². The van der Waals surface area contributed by atoms with Crippen molar-refractivity contribution in [1.29, 1.82) is 0 Å². The third kappa shape index (κ3) is 2.48. The SMILES string of the molecule is CS1=Nc2c(cc(Cl)cc2C(F)(F)F)C(Cl)=N1. The number of rotatable bonds is 0. The monoisotopic (exact) mass is 300 g/mol. The highest BCUT2D eigenvalue weighted by molar-refractivity contribution is 7.85. The van der Waals surface area contributed by atoms with Crippen LogP contribution in [0.4, 0.5) is 18.9 Å². The molecule has 1 aliphatic rings. The van der Waals surface area contributed by atoms with Crippen molar-refractivity contribution in [3.05, 3.63) is 28.3 Å². The summed E-state index contributed by atoms with van der Waals surface area (Å²) in [6.07, 6.45) is -2.93. The fraction of sp³-hybridized carbons (Fsp3) is 0.222. The molecule has 0 saturated carbocycles. The van der Waals surface area contributed by atoms with Crippen LogP contribution >= 0.6 is 23.2 Å². The molecule has 1 aliphatic heterocycles. The fourth-order valence-corrected chi connectivity index (χ4v) is 2.88. The van der Waals surface area contributed by atoms with Crippen molar-refractivity contribution >= 4 is 44.9 Å². The van der Waals surface area contributed by atoms with Crippen molar-refractivity contribution in [2.75, 3.05) is 6.26 Å². The van der Waals surface area contributed by atoms with Crippen LogP contribution in [0.5, 0.6) is 0 Å². The lowest BCUT2D eigenvalue weighted by Gasteiger charge is -2.16. The molecular weight excluding hydrogens is 296 g/mol. The van der Waals surface area contributed by atoms with E-state index in [1.54, 1.807) is 6.26 Å². The number of hydrogen-bond donors (Lipinski definition) is 0. The number of fused-ring (bicyclic) bond motifs is 1. The Labute approximate surface area is 108 Å². The highest BCUT2D eigenvalue weighted by Gasteiger charge is 2.36. The van der Waals surface area contributed by atoms with E-state index in [0.29, 0.717) is 0 Å². The molecule has 1 heterocycles. The number of benzene rings is 1. The van der Waals surface area contributed by atoms with Gasteiger partial charge in [0.15, 0.2) is 0 Å². The summed E-state index contributed by atoms with van der Waals surface area (Å²) in [5, 5.41) is -0.0358. The molecule has 1 aromatic rings. The molecule has 1 atom stereocenters. The van der Waals surface area contributed by atoms with Crippen LogP contribution < -0.4 is 0 Å². The average molecular weight is 301 g/mol. The molecule has 0 aliphatic carbocycles. The van der Waals surface area contributed by atoms with Gasteiger partial charge in [0.25, 0.3) is 0 Å². The lowest BCUT2D eigenvalue weighted by atomic mass is 10.1. The van der Waals surface area contributed by atoms with Gasteiger partial charge in [0.05, 0.1) is 11.3 Å². The smallest absolute Gasteiger partial charge is 0.205 e. The van der Waals surface area contributed by atoms with Gasteiger partial charge in [-0.15, -0.1) is 0 Å². The van der Waals surface area contributed by atoms with E-state index in [2.05, 4.69) is 8.76 Å². The second-order valence-electron chi connectivity index (χ2n) is 3.27. The number of halogens is 5. The van der Waals surface area contributed by atoms with Gasteiger partial charge < -0.3 is 0 Å². The molecule has 0 spiro atoms. The Morgan fingerprint density at radius 3 is 2.47 bits per heavy atom. The minimum absolute atomic E-state index is 0.00818. The maximum absolute atomic E-state index is 12.8. The maximum atomic E-state index is 12.8. The van der Waals surface area contributed by atoms with E-state index in [0.717, 1.165) is 6.07 Å². The van der Waals surface area contributed by atoms with Crippen molar-refractivity contribution in [3.8, 4) is 0 Å².